The van der Waals surface area contributed by atoms with Gasteiger partial charge < -0.3 is 10.6 Å². The van der Waals surface area contributed by atoms with Crippen molar-refractivity contribution in [2.75, 3.05) is 0 Å². The smallest absolute Gasteiger partial charge is 0.318 e. The second-order valence-electron chi connectivity index (χ2n) is 11.6. The van der Waals surface area contributed by atoms with Crippen LogP contribution in [0.15, 0.2) is 16.8 Å². The van der Waals surface area contributed by atoms with Gasteiger partial charge in [-0.1, -0.05) is 38.4 Å². The first kappa shape index (κ1) is 25.4. The Morgan fingerprint density at radius 2 is 1.81 bits per heavy atom. The highest BCUT2D eigenvalue weighted by atomic mass is 35.5. The molecule has 180 valence electrons. The van der Waals surface area contributed by atoms with Crippen molar-refractivity contribution >= 4 is 29.9 Å². The third kappa shape index (κ3) is 4.09. The van der Waals surface area contributed by atoms with Gasteiger partial charge in [0, 0.05) is 5.92 Å². The van der Waals surface area contributed by atoms with Crippen LogP contribution in [0.1, 0.15) is 86.0 Å². The Labute approximate surface area is 199 Å². The molecule has 3 saturated carbocycles. The Morgan fingerprint density at radius 1 is 1.09 bits per heavy atom. The van der Waals surface area contributed by atoms with E-state index in [1.807, 2.05) is 13.8 Å². The van der Waals surface area contributed by atoms with Crippen LogP contribution in [0, 0.1) is 40.4 Å². The molecule has 2 N–H and O–H groups in total. The number of carbonyl (C=O) groups excluding carboxylic acids is 2. The van der Waals surface area contributed by atoms with Crippen LogP contribution >= 0.6 is 12.4 Å². The topological polar surface area (TPSA) is 81.8 Å². The van der Waals surface area contributed by atoms with E-state index < -0.39 is 12.0 Å². The van der Waals surface area contributed by atoms with Crippen LogP contribution in [0.5, 0.6) is 0 Å². The molecule has 7 atom stereocenters. The van der Waals surface area contributed by atoms with Crippen molar-refractivity contribution in [3.05, 3.63) is 11.6 Å². The minimum atomic E-state index is -0.636. The summed E-state index contributed by atoms with van der Waals surface area (Å²) in [6, 6.07) is -0.636. The van der Waals surface area contributed by atoms with Crippen LogP contribution in [0.25, 0.3) is 0 Å². The molecule has 4 rings (SSSR count). The van der Waals surface area contributed by atoms with Crippen LogP contribution in [-0.4, -0.2) is 23.5 Å². The maximum absolute atomic E-state index is 12.3. The van der Waals surface area contributed by atoms with Crippen molar-refractivity contribution in [3.63, 3.8) is 0 Å². The second kappa shape index (κ2) is 9.21. The van der Waals surface area contributed by atoms with Gasteiger partial charge in [-0.05, 0) is 98.9 Å². The quantitative estimate of drug-likeness (QED) is 0.442. The molecule has 32 heavy (non-hydrogen) atoms. The van der Waals surface area contributed by atoms with Gasteiger partial charge in [0.15, 0.2) is 0 Å². The molecule has 4 aliphatic rings. The van der Waals surface area contributed by atoms with Crippen LogP contribution in [0.3, 0.4) is 0 Å². The summed E-state index contributed by atoms with van der Waals surface area (Å²) in [7, 11) is 0. The Morgan fingerprint density at radius 3 is 2.47 bits per heavy atom. The summed E-state index contributed by atoms with van der Waals surface area (Å²) in [5.74, 6) is 2.35. The number of rotatable bonds is 4. The molecule has 0 aliphatic heterocycles. The molecule has 0 heterocycles. The van der Waals surface area contributed by atoms with E-state index in [4.69, 9.17) is 10.6 Å². The lowest BCUT2D eigenvalue weighted by Crippen LogP contribution is -2.51. The number of halogens is 1. The van der Waals surface area contributed by atoms with Crippen molar-refractivity contribution in [3.8, 4) is 0 Å². The molecule has 3 fully saturated rings. The Balaban J connectivity index is 0.00000289. The monoisotopic (exact) mass is 464 g/mol. The number of nitrogens with zero attached hydrogens (tertiary/aromatic N) is 1. The minimum Gasteiger partial charge on any atom is -0.318 e. The normalized spacial score (nSPS) is 40.5. The average molecular weight is 465 g/mol. The van der Waals surface area contributed by atoms with E-state index in [1.54, 1.807) is 6.92 Å². The highest BCUT2D eigenvalue weighted by Gasteiger charge is 2.59. The third-order valence-electron chi connectivity index (χ3n) is 9.71. The first-order valence-electron chi connectivity index (χ1n) is 12.3. The number of fused-ring (bicyclic) bond motifs is 5. The predicted molar refractivity (Wildman–Crippen MR) is 129 cm³/mol. The molecule has 0 aromatic rings. The zero-order chi connectivity index (χ0) is 22.6. The Hall–Kier alpha value is -1.20. The van der Waals surface area contributed by atoms with E-state index in [2.05, 4.69) is 25.1 Å². The summed E-state index contributed by atoms with van der Waals surface area (Å²) in [4.78, 5) is 29.6. The van der Waals surface area contributed by atoms with Crippen LogP contribution < -0.4 is 5.73 Å². The average Bonchev–Trinajstić information content (AvgIpc) is 3.08. The highest BCUT2D eigenvalue weighted by Crippen LogP contribution is 2.66. The van der Waals surface area contributed by atoms with E-state index in [-0.39, 0.29) is 35.1 Å². The molecular weight excluding hydrogens is 424 g/mol. The van der Waals surface area contributed by atoms with Gasteiger partial charge in [-0.15, -0.1) is 12.4 Å². The highest BCUT2D eigenvalue weighted by molar-refractivity contribution is 5.96. The van der Waals surface area contributed by atoms with Gasteiger partial charge in [0.25, 0.3) is 0 Å². The lowest BCUT2D eigenvalue weighted by molar-refractivity contribution is -0.146. The number of Topliss-reactive ketones (excluding diaryl/α,β-unsaturated/α-hetero) is 1. The Kier molecular flexibility index (Phi) is 7.32. The van der Waals surface area contributed by atoms with Gasteiger partial charge in [0.2, 0.25) is 0 Å². The number of carbonyl (C=O) groups is 2. The van der Waals surface area contributed by atoms with E-state index in [0.717, 1.165) is 37.3 Å². The molecule has 0 radical (unpaired) electrons. The van der Waals surface area contributed by atoms with E-state index >= 15 is 0 Å². The van der Waals surface area contributed by atoms with Gasteiger partial charge in [-0.3, -0.25) is 4.79 Å². The summed E-state index contributed by atoms with van der Waals surface area (Å²) in [6.07, 6.45) is 11.1. The number of allylic oxidation sites excluding steroid dienone is 2. The standard InChI is InChI=1S/C26H40N2O3.ClH/c1-15(2)23(27)24(30)31-28-18-10-12-25(4)17(14-18)6-7-19-21-9-8-20(16(3)29)26(21,5)13-11-22(19)25;/h14-15,19-23H,6-13,27H2,1-5H3;1H/b28-18-;/t19?,20-,21?,22?,23+,25+,26-;/m1./s1. The van der Waals surface area contributed by atoms with Crippen molar-refractivity contribution in [2.24, 2.45) is 51.3 Å². The first-order valence-corrected chi connectivity index (χ1v) is 12.3. The molecular formula is C26H41ClN2O3. The molecule has 0 aromatic heterocycles. The van der Waals surface area contributed by atoms with Gasteiger partial charge in [0.1, 0.15) is 11.8 Å². The second-order valence-corrected chi connectivity index (χ2v) is 11.6. The predicted octanol–water partition coefficient (Wildman–Crippen LogP) is 5.46. The number of oxime groups is 1. The lowest BCUT2D eigenvalue weighted by atomic mass is 9.46. The largest absolute Gasteiger partial charge is 0.351 e. The molecule has 0 bridgehead atoms. The minimum absolute atomic E-state index is 0. The number of nitrogens with two attached hydrogens (primary N) is 1. The summed E-state index contributed by atoms with van der Waals surface area (Å²) in [5, 5.41) is 4.18. The van der Waals surface area contributed by atoms with Crippen LogP contribution in [0.4, 0.5) is 0 Å². The van der Waals surface area contributed by atoms with Gasteiger partial charge in [0.05, 0.1) is 5.71 Å². The van der Waals surface area contributed by atoms with Crippen molar-refractivity contribution in [1.29, 1.82) is 0 Å². The number of ketones is 1. The zero-order valence-corrected chi connectivity index (χ0v) is 21.2. The van der Waals surface area contributed by atoms with Crippen molar-refractivity contribution < 1.29 is 14.4 Å². The van der Waals surface area contributed by atoms with E-state index in [1.165, 1.54) is 31.3 Å². The fourth-order valence-corrected chi connectivity index (χ4v) is 7.75. The summed E-state index contributed by atoms with van der Waals surface area (Å²) >= 11 is 0. The fraction of sp³-hybridized carbons (Fsp3) is 0.808. The molecule has 0 aromatic carbocycles. The van der Waals surface area contributed by atoms with Crippen molar-refractivity contribution in [1.82, 2.24) is 0 Å². The van der Waals surface area contributed by atoms with Crippen molar-refractivity contribution in [2.45, 2.75) is 92.0 Å². The lowest BCUT2D eigenvalue weighted by Gasteiger charge is -2.58. The number of hydrogen-bond donors (Lipinski definition) is 1. The summed E-state index contributed by atoms with van der Waals surface area (Å²) in [6.45, 7) is 10.5. The molecule has 5 nitrogen and oxygen atoms in total. The molecule has 3 unspecified atom stereocenters. The van der Waals surface area contributed by atoms with Gasteiger partial charge >= 0.3 is 5.97 Å². The number of hydrogen-bond acceptors (Lipinski definition) is 5. The van der Waals surface area contributed by atoms with E-state index in [9.17, 15) is 9.59 Å². The molecule has 0 saturated heterocycles. The van der Waals surface area contributed by atoms with Crippen LogP contribution in [0.2, 0.25) is 0 Å². The summed E-state index contributed by atoms with van der Waals surface area (Å²) in [5.41, 5.74) is 8.63. The zero-order valence-electron chi connectivity index (χ0n) is 20.4. The maximum Gasteiger partial charge on any atom is 0.351 e. The molecule has 0 spiro atoms. The van der Waals surface area contributed by atoms with Crippen LogP contribution in [-0.2, 0) is 14.4 Å². The van der Waals surface area contributed by atoms with Gasteiger partial charge in [-0.25, -0.2) is 4.79 Å². The molecule has 4 aliphatic carbocycles. The van der Waals surface area contributed by atoms with E-state index in [0.29, 0.717) is 17.6 Å². The maximum atomic E-state index is 12.3. The first-order chi connectivity index (χ1) is 14.6. The fourth-order valence-electron chi connectivity index (χ4n) is 7.75. The Bertz CT molecular complexity index is 822. The summed E-state index contributed by atoms with van der Waals surface area (Å²) < 4.78 is 0. The SMILES string of the molecule is CC(=O)[C@H]1CCC2C3CCC4=C/C(=N\OC(=O)[C@@H](N)C(C)C)CC[C@]4(C)C3CC[C@@]21C.Cl. The molecule has 0 amide bonds. The van der Waals surface area contributed by atoms with Gasteiger partial charge in [-0.2, -0.15) is 0 Å². The molecule has 6 heteroatoms. The third-order valence-corrected chi connectivity index (χ3v) is 9.71.